The molecule has 1 aromatic rings. The van der Waals surface area contributed by atoms with Gasteiger partial charge in [0.15, 0.2) is 0 Å². The number of rotatable bonds is 3. The number of nitrogens with one attached hydrogen (secondary N) is 1. The molecule has 1 amide bonds. The monoisotopic (exact) mass is 210 g/mol. The first-order chi connectivity index (χ1) is 6.65. The van der Waals surface area contributed by atoms with Gasteiger partial charge in [0.05, 0.1) is 10.6 Å². The third kappa shape index (κ3) is 2.50. The molecule has 0 aliphatic heterocycles. The number of hydrogen-bond acceptors (Lipinski definition) is 2. The Hall–Kier alpha value is -1.48. The minimum Gasteiger partial charge on any atom is -0.399 e. The third-order valence-electron chi connectivity index (χ3n) is 1.64. The Balaban J connectivity index is 2.84. The number of anilines is 1. The first-order valence-electron chi connectivity index (χ1n) is 4.09. The summed E-state index contributed by atoms with van der Waals surface area (Å²) in [7, 11) is 0. The molecule has 1 aromatic carbocycles. The number of carbonyl (C=O) groups is 1. The predicted molar refractivity (Wildman–Crippen MR) is 58.4 cm³/mol. The van der Waals surface area contributed by atoms with Gasteiger partial charge in [-0.25, -0.2) is 0 Å². The van der Waals surface area contributed by atoms with Gasteiger partial charge in [0.25, 0.3) is 5.91 Å². The van der Waals surface area contributed by atoms with Crippen LogP contribution in [0.15, 0.2) is 30.9 Å². The van der Waals surface area contributed by atoms with E-state index in [1.54, 1.807) is 24.3 Å². The van der Waals surface area contributed by atoms with Crippen molar-refractivity contribution in [2.24, 2.45) is 0 Å². The van der Waals surface area contributed by atoms with Gasteiger partial charge in [0, 0.05) is 12.2 Å². The van der Waals surface area contributed by atoms with Gasteiger partial charge in [-0.1, -0.05) is 17.7 Å². The van der Waals surface area contributed by atoms with E-state index in [2.05, 4.69) is 11.9 Å². The summed E-state index contributed by atoms with van der Waals surface area (Å²) in [5, 5.41) is 2.98. The third-order valence-corrected chi connectivity index (χ3v) is 1.96. The van der Waals surface area contributed by atoms with Crippen LogP contribution >= 0.6 is 11.6 Å². The lowest BCUT2D eigenvalue weighted by Gasteiger charge is -2.04. The molecule has 0 spiro atoms. The standard InChI is InChI=1S/C10H11ClN2O/c1-2-5-13-10(14)8-4-3-7(12)6-9(8)11/h2-4,6H,1,5,12H2,(H,13,14). The topological polar surface area (TPSA) is 55.1 Å². The zero-order valence-corrected chi connectivity index (χ0v) is 8.34. The maximum absolute atomic E-state index is 11.5. The van der Waals surface area contributed by atoms with E-state index < -0.39 is 0 Å². The number of benzene rings is 1. The van der Waals surface area contributed by atoms with Crippen molar-refractivity contribution in [2.45, 2.75) is 0 Å². The van der Waals surface area contributed by atoms with E-state index in [0.717, 1.165) is 0 Å². The van der Waals surface area contributed by atoms with Crippen LogP contribution in [0.4, 0.5) is 5.69 Å². The molecule has 0 bridgehead atoms. The number of amides is 1. The highest BCUT2D eigenvalue weighted by Crippen LogP contribution is 2.18. The van der Waals surface area contributed by atoms with E-state index in [9.17, 15) is 4.79 Å². The molecular weight excluding hydrogens is 200 g/mol. The Labute approximate surface area is 87.6 Å². The molecular formula is C10H11ClN2O. The van der Waals surface area contributed by atoms with Gasteiger partial charge in [0.1, 0.15) is 0 Å². The van der Waals surface area contributed by atoms with Crippen molar-refractivity contribution in [3.63, 3.8) is 0 Å². The van der Waals surface area contributed by atoms with E-state index in [0.29, 0.717) is 22.8 Å². The average molecular weight is 211 g/mol. The lowest BCUT2D eigenvalue weighted by atomic mass is 10.2. The molecule has 0 fully saturated rings. The lowest BCUT2D eigenvalue weighted by molar-refractivity contribution is 0.0958. The number of halogens is 1. The fourth-order valence-electron chi connectivity index (χ4n) is 0.976. The van der Waals surface area contributed by atoms with Gasteiger partial charge in [-0.05, 0) is 18.2 Å². The highest BCUT2D eigenvalue weighted by Gasteiger charge is 2.08. The van der Waals surface area contributed by atoms with E-state index >= 15 is 0 Å². The molecule has 0 radical (unpaired) electrons. The van der Waals surface area contributed by atoms with Crippen molar-refractivity contribution in [1.82, 2.24) is 5.32 Å². The van der Waals surface area contributed by atoms with Crippen LogP contribution in [0.3, 0.4) is 0 Å². The maximum Gasteiger partial charge on any atom is 0.253 e. The number of hydrogen-bond donors (Lipinski definition) is 2. The van der Waals surface area contributed by atoms with Crippen molar-refractivity contribution < 1.29 is 4.79 Å². The van der Waals surface area contributed by atoms with E-state index in [4.69, 9.17) is 17.3 Å². The highest BCUT2D eigenvalue weighted by atomic mass is 35.5. The zero-order chi connectivity index (χ0) is 10.6. The number of nitrogen functional groups attached to an aromatic ring is 1. The number of nitrogens with two attached hydrogens (primary N) is 1. The van der Waals surface area contributed by atoms with Gasteiger partial charge in [-0.3, -0.25) is 4.79 Å². The Bertz CT molecular complexity index is 363. The molecule has 0 saturated carbocycles. The summed E-state index contributed by atoms with van der Waals surface area (Å²) in [5.41, 5.74) is 6.45. The molecule has 3 nitrogen and oxygen atoms in total. The summed E-state index contributed by atoms with van der Waals surface area (Å²) >= 11 is 5.84. The largest absolute Gasteiger partial charge is 0.399 e. The van der Waals surface area contributed by atoms with Gasteiger partial charge in [-0.2, -0.15) is 0 Å². The Morgan fingerprint density at radius 2 is 2.36 bits per heavy atom. The molecule has 1 rings (SSSR count). The molecule has 0 atom stereocenters. The molecule has 4 heteroatoms. The molecule has 0 aliphatic rings. The van der Waals surface area contributed by atoms with Crippen LogP contribution in [0.25, 0.3) is 0 Å². The molecule has 0 aliphatic carbocycles. The Morgan fingerprint density at radius 1 is 1.64 bits per heavy atom. The van der Waals surface area contributed by atoms with E-state index in [-0.39, 0.29) is 5.91 Å². The van der Waals surface area contributed by atoms with Gasteiger partial charge in [0.2, 0.25) is 0 Å². The lowest BCUT2D eigenvalue weighted by Crippen LogP contribution is -2.23. The minimum atomic E-state index is -0.227. The van der Waals surface area contributed by atoms with E-state index in [1.165, 1.54) is 0 Å². The summed E-state index contributed by atoms with van der Waals surface area (Å²) in [5.74, 6) is -0.227. The second-order valence-corrected chi connectivity index (χ2v) is 3.15. The summed E-state index contributed by atoms with van der Waals surface area (Å²) in [4.78, 5) is 11.5. The molecule has 3 N–H and O–H groups in total. The maximum atomic E-state index is 11.5. The molecule has 14 heavy (non-hydrogen) atoms. The fourth-order valence-corrected chi connectivity index (χ4v) is 1.25. The molecule has 0 saturated heterocycles. The van der Waals surface area contributed by atoms with Crippen molar-refractivity contribution in [3.8, 4) is 0 Å². The normalized spacial score (nSPS) is 9.50. The van der Waals surface area contributed by atoms with Gasteiger partial charge in [-0.15, -0.1) is 6.58 Å². The van der Waals surface area contributed by atoms with Crippen LogP contribution in [0.2, 0.25) is 5.02 Å². The summed E-state index contributed by atoms with van der Waals surface area (Å²) < 4.78 is 0. The first kappa shape index (κ1) is 10.6. The van der Waals surface area contributed by atoms with Gasteiger partial charge >= 0.3 is 0 Å². The Morgan fingerprint density at radius 3 is 2.93 bits per heavy atom. The minimum absolute atomic E-state index is 0.227. The van der Waals surface area contributed by atoms with Crippen LogP contribution in [0.1, 0.15) is 10.4 Å². The molecule has 0 aromatic heterocycles. The summed E-state index contributed by atoms with van der Waals surface area (Å²) in [6.45, 7) is 3.91. The summed E-state index contributed by atoms with van der Waals surface area (Å²) in [6, 6.07) is 4.77. The predicted octanol–water partition coefficient (Wildman–Crippen LogP) is 1.84. The quantitative estimate of drug-likeness (QED) is 0.591. The van der Waals surface area contributed by atoms with Crippen molar-refractivity contribution in [1.29, 1.82) is 0 Å². The highest BCUT2D eigenvalue weighted by molar-refractivity contribution is 6.34. The molecule has 74 valence electrons. The Kier molecular flexibility index (Phi) is 3.54. The molecule has 0 heterocycles. The number of carbonyl (C=O) groups excluding carboxylic acids is 1. The van der Waals surface area contributed by atoms with E-state index in [1.807, 2.05) is 0 Å². The van der Waals surface area contributed by atoms with Crippen molar-refractivity contribution in [3.05, 3.63) is 41.4 Å². The van der Waals surface area contributed by atoms with Crippen LogP contribution in [0, 0.1) is 0 Å². The van der Waals surface area contributed by atoms with Gasteiger partial charge < -0.3 is 11.1 Å². The van der Waals surface area contributed by atoms with Crippen molar-refractivity contribution >= 4 is 23.2 Å². The molecule has 0 unspecified atom stereocenters. The second-order valence-electron chi connectivity index (χ2n) is 2.74. The summed E-state index contributed by atoms with van der Waals surface area (Å²) in [6.07, 6.45) is 1.60. The van der Waals surface area contributed by atoms with Crippen LogP contribution < -0.4 is 11.1 Å². The van der Waals surface area contributed by atoms with Crippen LogP contribution in [-0.4, -0.2) is 12.5 Å². The average Bonchev–Trinajstić information content (AvgIpc) is 2.14. The zero-order valence-electron chi connectivity index (χ0n) is 7.59. The van der Waals surface area contributed by atoms with Crippen LogP contribution in [0.5, 0.6) is 0 Å². The first-order valence-corrected chi connectivity index (χ1v) is 4.47. The second kappa shape index (κ2) is 4.67. The fraction of sp³-hybridized carbons (Fsp3) is 0.100. The van der Waals surface area contributed by atoms with Crippen LogP contribution in [-0.2, 0) is 0 Å². The smallest absolute Gasteiger partial charge is 0.253 e. The van der Waals surface area contributed by atoms with Crippen molar-refractivity contribution in [2.75, 3.05) is 12.3 Å². The SMILES string of the molecule is C=CCNC(=O)c1ccc(N)cc1Cl.